The Hall–Kier alpha value is -0.990. The molecule has 15 heavy (non-hydrogen) atoms. The van der Waals surface area contributed by atoms with Gasteiger partial charge in [-0.3, -0.25) is 0 Å². The molecule has 0 spiro atoms. The van der Waals surface area contributed by atoms with E-state index in [0.717, 1.165) is 25.2 Å². The Balaban J connectivity index is 2.31. The van der Waals surface area contributed by atoms with E-state index in [1.165, 1.54) is 24.1 Å². The van der Waals surface area contributed by atoms with Gasteiger partial charge in [-0.15, -0.1) is 0 Å². The van der Waals surface area contributed by atoms with E-state index in [9.17, 15) is 0 Å². The summed E-state index contributed by atoms with van der Waals surface area (Å²) < 4.78 is 2.00. The van der Waals surface area contributed by atoms with Crippen molar-refractivity contribution in [3.8, 4) is 0 Å². The quantitative estimate of drug-likeness (QED) is 0.827. The molecular weight excluding hydrogens is 186 g/mol. The number of nitrogens with zero attached hydrogens (tertiary/aromatic N) is 2. The average molecular weight is 207 g/mol. The zero-order chi connectivity index (χ0) is 11.1. The van der Waals surface area contributed by atoms with E-state index in [-0.39, 0.29) is 5.41 Å². The van der Waals surface area contributed by atoms with Crippen molar-refractivity contribution in [3.63, 3.8) is 0 Å². The molecule has 0 aliphatic heterocycles. The smallest absolute Gasteiger partial charge is 0.125 e. The molecule has 0 unspecified atom stereocenters. The zero-order valence-corrected chi connectivity index (χ0v) is 10.0. The summed E-state index contributed by atoms with van der Waals surface area (Å²) in [4.78, 5) is 0. The molecule has 1 heterocycles. The van der Waals surface area contributed by atoms with Crippen LogP contribution in [0.2, 0.25) is 0 Å². The lowest BCUT2D eigenvalue weighted by atomic mass is 9.87. The second kappa shape index (κ2) is 3.54. The molecule has 0 atom stereocenters. The highest BCUT2D eigenvalue weighted by Crippen LogP contribution is 2.41. The summed E-state index contributed by atoms with van der Waals surface area (Å²) in [7, 11) is 0. The molecule has 1 aromatic rings. The molecule has 0 fully saturated rings. The predicted octanol–water partition coefficient (Wildman–Crippen LogP) is 2.49. The third kappa shape index (κ3) is 1.64. The number of anilines is 1. The maximum Gasteiger partial charge on any atom is 0.125 e. The minimum atomic E-state index is 0.226. The molecule has 84 valence electrons. The summed E-state index contributed by atoms with van der Waals surface area (Å²) in [6.07, 6.45) is 4.62. The van der Waals surface area contributed by atoms with Crippen LogP contribution in [0.25, 0.3) is 0 Å². The van der Waals surface area contributed by atoms with Crippen LogP contribution in [-0.2, 0) is 18.4 Å². The molecule has 1 aliphatic rings. The maximum absolute atomic E-state index is 6.17. The van der Waals surface area contributed by atoms with Gasteiger partial charge < -0.3 is 5.73 Å². The first-order valence-electron chi connectivity index (χ1n) is 5.92. The topological polar surface area (TPSA) is 43.8 Å². The van der Waals surface area contributed by atoms with Gasteiger partial charge in [0.1, 0.15) is 5.82 Å². The fourth-order valence-corrected chi connectivity index (χ4v) is 2.47. The Bertz CT molecular complexity index is 363. The Morgan fingerprint density at radius 1 is 1.47 bits per heavy atom. The van der Waals surface area contributed by atoms with Gasteiger partial charge in [-0.05, 0) is 24.7 Å². The molecule has 3 heteroatoms. The number of aryl methyl sites for hydroxylation is 2. The van der Waals surface area contributed by atoms with Crippen molar-refractivity contribution in [3.05, 3.63) is 11.3 Å². The molecule has 3 nitrogen and oxygen atoms in total. The van der Waals surface area contributed by atoms with E-state index in [1.54, 1.807) is 0 Å². The van der Waals surface area contributed by atoms with E-state index in [1.807, 2.05) is 4.68 Å². The normalized spacial score (nSPS) is 18.1. The van der Waals surface area contributed by atoms with Gasteiger partial charge in [-0.25, -0.2) is 4.68 Å². The van der Waals surface area contributed by atoms with Gasteiger partial charge in [0.15, 0.2) is 0 Å². The summed E-state index contributed by atoms with van der Waals surface area (Å²) in [5.41, 5.74) is 8.93. The molecule has 0 aromatic carbocycles. The van der Waals surface area contributed by atoms with Gasteiger partial charge in [0, 0.05) is 12.1 Å². The molecule has 0 saturated carbocycles. The molecule has 0 bridgehead atoms. The summed E-state index contributed by atoms with van der Waals surface area (Å²) in [6.45, 7) is 7.69. The van der Waals surface area contributed by atoms with Gasteiger partial charge in [0.05, 0.1) is 5.69 Å². The van der Waals surface area contributed by atoms with Crippen molar-refractivity contribution in [2.75, 3.05) is 5.73 Å². The van der Waals surface area contributed by atoms with Gasteiger partial charge in [-0.2, -0.15) is 5.10 Å². The fourth-order valence-electron chi connectivity index (χ4n) is 2.47. The Labute approximate surface area is 91.7 Å². The van der Waals surface area contributed by atoms with Crippen LogP contribution in [0.5, 0.6) is 0 Å². The number of fused-ring (bicyclic) bond motifs is 1. The number of hydrogen-bond acceptors (Lipinski definition) is 2. The maximum atomic E-state index is 6.17. The fraction of sp³-hybridized carbons (Fsp3) is 0.750. The summed E-state index contributed by atoms with van der Waals surface area (Å²) in [5.74, 6) is 0.904. The van der Waals surface area contributed by atoms with Gasteiger partial charge in [0.2, 0.25) is 0 Å². The van der Waals surface area contributed by atoms with Crippen molar-refractivity contribution >= 4 is 5.82 Å². The van der Waals surface area contributed by atoms with Crippen LogP contribution in [0, 0.1) is 0 Å². The standard InChI is InChI=1S/C12H21N3/c1-4-5-8-15-11(13)10-9(14-15)6-7-12(10,2)3/h4-8,13H2,1-3H3. The SMILES string of the molecule is CCCCn1nc2c(c1N)C(C)(C)CC2. The number of nitrogen functional groups attached to an aromatic ring is 1. The molecular formula is C12H21N3. The summed E-state index contributed by atoms with van der Waals surface area (Å²) >= 11 is 0. The Kier molecular flexibility index (Phi) is 2.49. The second-order valence-electron chi connectivity index (χ2n) is 5.17. The van der Waals surface area contributed by atoms with Crippen LogP contribution >= 0.6 is 0 Å². The van der Waals surface area contributed by atoms with Crippen LogP contribution < -0.4 is 5.73 Å². The lowest BCUT2D eigenvalue weighted by Crippen LogP contribution is -2.15. The monoisotopic (exact) mass is 207 g/mol. The van der Waals surface area contributed by atoms with E-state index in [0.29, 0.717) is 0 Å². The van der Waals surface area contributed by atoms with Gasteiger partial charge >= 0.3 is 0 Å². The second-order valence-corrected chi connectivity index (χ2v) is 5.17. The first-order chi connectivity index (χ1) is 7.06. The first kappa shape index (κ1) is 10.5. The van der Waals surface area contributed by atoms with Crippen LogP contribution in [0.15, 0.2) is 0 Å². The molecule has 2 N–H and O–H groups in total. The molecule has 1 aliphatic carbocycles. The third-order valence-electron chi connectivity index (χ3n) is 3.45. The largest absolute Gasteiger partial charge is 0.384 e. The number of nitrogens with two attached hydrogens (primary N) is 1. The molecule has 0 radical (unpaired) electrons. The zero-order valence-electron chi connectivity index (χ0n) is 10.0. The minimum Gasteiger partial charge on any atom is -0.384 e. The lowest BCUT2D eigenvalue weighted by molar-refractivity contribution is 0.508. The lowest BCUT2D eigenvalue weighted by Gasteiger charge is -2.18. The molecule has 1 aromatic heterocycles. The van der Waals surface area contributed by atoms with Crippen LogP contribution in [0.4, 0.5) is 5.82 Å². The van der Waals surface area contributed by atoms with E-state index < -0.39 is 0 Å². The highest BCUT2D eigenvalue weighted by molar-refractivity contribution is 5.51. The van der Waals surface area contributed by atoms with Crippen molar-refractivity contribution in [1.29, 1.82) is 0 Å². The van der Waals surface area contributed by atoms with Crippen molar-refractivity contribution in [2.45, 2.75) is 58.4 Å². The van der Waals surface area contributed by atoms with Crippen molar-refractivity contribution < 1.29 is 0 Å². The number of aromatic nitrogens is 2. The number of rotatable bonds is 3. The number of unbranched alkanes of at least 4 members (excludes halogenated alkanes) is 1. The average Bonchev–Trinajstić information content (AvgIpc) is 2.64. The van der Waals surface area contributed by atoms with Gasteiger partial charge in [-0.1, -0.05) is 27.2 Å². The van der Waals surface area contributed by atoms with E-state index in [4.69, 9.17) is 5.73 Å². The molecule has 2 rings (SSSR count). The van der Waals surface area contributed by atoms with E-state index in [2.05, 4.69) is 25.9 Å². The number of hydrogen-bond donors (Lipinski definition) is 1. The molecule has 0 amide bonds. The van der Waals surface area contributed by atoms with Crippen molar-refractivity contribution in [1.82, 2.24) is 9.78 Å². The van der Waals surface area contributed by atoms with Crippen LogP contribution in [0.3, 0.4) is 0 Å². The Morgan fingerprint density at radius 2 is 2.20 bits per heavy atom. The van der Waals surface area contributed by atoms with Crippen LogP contribution in [-0.4, -0.2) is 9.78 Å². The predicted molar refractivity (Wildman–Crippen MR) is 62.9 cm³/mol. The summed E-state index contributed by atoms with van der Waals surface area (Å²) in [5, 5.41) is 4.62. The highest BCUT2D eigenvalue weighted by atomic mass is 15.3. The van der Waals surface area contributed by atoms with Crippen LogP contribution in [0.1, 0.15) is 51.3 Å². The third-order valence-corrected chi connectivity index (χ3v) is 3.45. The molecule has 0 saturated heterocycles. The highest BCUT2D eigenvalue weighted by Gasteiger charge is 2.35. The van der Waals surface area contributed by atoms with Gasteiger partial charge in [0.25, 0.3) is 0 Å². The first-order valence-corrected chi connectivity index (χ1v) is 5.92. The Morgan fingerprint density at radius 3 is 2.80 bits per heavy atom. The van der Waals surface area contributed by atoms with E-state index >= 15 is 0 Å². The van der Waals surface area contributed by atoms with Crippen molar-refractivity contribution in [2.24, 2.45) is 0 Å². The minimum absolute atomic E-state index is 0.226. The summed E-state index contributed by atoms with van der Waals surface area (Å²) in [6, 6.07) is 0.